The Bertz CT molecular complexity index is 624. The van der Waals surface area contributed by atoms with E-state index in [4.69, 9.17) is 9.47 Å². The summed E-state index contributed by atoms with van der Waals surface area (Å²) in [6, 6.07) is 9.15. The van der Waals surface area contributed by atoms with Crippen molar-refractivity contribution in [2.45, 2.75) is 55.6 Å². The van der Waals surface area contributed by atoms with Crippen LogP contribution in [0.5, 0.6) is 0 Å². The minimum Gasteiger partial charge on any atom is -0.346 e. The second-order valence-electron chi connectivity index (χ2n) is 8.14. The Morgan fingerprint density at radius 3 is 2.74 bits per heavy atom. The maximum Gasteiger partial charge on any atom is 0.186 e. The van der Waals surface area contributed by atoms with Crippen molar-refractivity contribution < 1.29 is 9.47 Å². The van der Waals surface area contributed by atoms with Gasteiger partial charge in [0, 0.05) is 5.41 Å². The number of alkyl halides is 1. The van der Waals surface area contributed by atoms with Gasteiger partial charge in [0.1, 0.15) is 0 Å². The van der Waals surface area contributed by atoms with Crippen LogP contribution < -0.4 is 0 Å². The van der Waals surface area contributed by atoms with E-state index in [1.54, 1.807) is 11.1 Å². The molecule has 2 nitrogen and oxygen atoms in total. The lowest BCUT2D eigenvalue weighted by atomic mass is 9.55. The first-order valence-corrected chi connectivity index (χ1v) is 10.1. The summed E-state index contributed by atoms with van der Waals surface area (Å²) in [4.78, 5) is 0.337. The quantitative estimate of drug-likeness (QED) is 0.613. The number of rotatable bonds is 0. The molecule has 5 rings (SSSR count). The van der Waals surface area contributed by atoms with Gasteiger partial charge in [-0.05, 0) is 61.0 Å². The lowest BCUT2D eigenvalue weighted by Crippen LogP contribution is -2.53. The highest BCUT2D eigenvalue weighted by molar-refractivity contribution is 9.09. The summed E-state index contributed by atoms with van der Waals surface area (Å²) in [5.74, 6) is 1.86. The molecule has 2 saturated carbocycles. The highest BCUT2D eigenvalue weighted by Gasteiger charge is 2.68. The van der Waals surface area contributed by atoms with E-state index in [0.717, 1.165) is 25.0 Å². The molecule has 3 fully saturated rings. The van der Waals surface area contributed by atoms with Gasteiger partial charge < -0.3 is 9.47 Å². The van der Waals surface area contributed by atoms with Gasteiger partial charge in [0.25, 0.3) is 0 Å². The lowest BCUT2D eigenvalue weighted by molar-refractivity contribution is -0.233. The number of ether oxygens (including phenoxy) is 2. The molecule has 23 heavy (non-hydrogen) atoms. The van der Waals surface area contributed by atoms with Crippen LogP contribution in [0.3, 0.4) is 0 Å². The molecule has 4 aliphatic rings. The summed E-state index contributed by atoms with van der Waals surface area (Å²) in [7, 11) is 0. The van der Waals surface area contributed by atoms with Crippen LogP contribution in [-0.2, 0) is 15.9 Å². The molecule has 4 unspecified atom stereocenters. The second kappa shape index (κ2) is 5.06. The highest BCUT2D eigenvalue weighted by atomic mass is 79.9. The molecule has 3 heteroatoms. The van der Waals surface area contributed by atoms with E-state index in [1.165, 1.54) is 32.1 Å². The van der Waals surface area contributed by atoms with Crippen LogP contribution in [0.2, 0.25) is 0 Å². The molecule has 0 amide bonds. The Labute approximate surface area is 147 Å². The minimum absolute atomic E-state index is 0.158. The lowest BCUT2D eigenvalue weighted by Gasteiger charge is -2.52. The van der Waals surface area contributed by atoms with E-state index in [1.807, 2.05) is 0 Å². The molecule has 0 radical (unpaired) electrons. The fraction of sp³-hybridized carbons (Fsp3) is 0.700. The predicted octanol–water partition coefficient (Wildman–Crippen LogP) is 4.66. The van der Waals surface area contributed by atoms with Gasteiger partial charge in [-0.15, -0.1) is 0 Å². The molecule has 1 saturated heterocycles. The van der Waals surface area contributed by atoms with Crippen molar-refractivity contribution >= 4 is 15.9 Å². The van der Waals surface area contributed by atoms with E-state index in [0.29, 0.717) is 10.7 Å². The topological polar surface area (TPSA) is 18.5 Å². The van der Waals surface area contributed by atoms with Crippen LogP contribution in [0.4, 0.5) is 0 Å². The van der Waals surface area contributed by atoms with Crippen molar-refractivity contribution in [3.63, 3.8) is 0 Å². The molecular formula is C20H25BrO2. The first-order valence-electron chi connectivity index (χ1n) is 9.15. The molecule has 1 spiro atoms. The fourth-order valence-corrected chi connectivity index (χ4v) is 7.57. The zero-order valence-corrected chi connectivity index (χ0v) is 15.3. The third kappa shape index (κ3) is 1.82. The predicted molar refractivity (Wildman–Crippen MR) is 93.8 cm³/mol. The van der Waals surface area contributed by atoms with Crippen LogP contribution in [0.25, 0.3) is 0 Å². The maximum atomic E-state index is 6.27. The van der Waals surface area contributed by atoms with E-state index in [9.17, 15) is 0 Å². The molecule has 5 atom stereocenters. The van der Waals surface area contributed by atoms with Crippen LogP contribution in [0.15, 0.2) is 24.3 Å². The SMILES string of the molecule is C[C@]12CCC3c4ccccc4CCC3C1CC(Br)C21OCCO1. The van der Waals surface area contributed by atoms with E-state index >= 15 is 0 Å². The average molecular weight is 377 g/mol. The van der Waals surface area contributed by atoms with Gasteiger partial charge in [0.05, 0.1) is 18.0 Å². The van der Waals surface area contributed by atoms with Crippen molar-refractivity contribution in [1.82, 2.24) is 0 Å². The molecule has 0 aromatic heterocycles. The largest absolute Gasteiger partial charge is 0.346 e. The Balaban J connectivity index is 1.54. The van der Waals surface area contributed by atoms with Crippen molar-refractivity contribution in [3.05, 3.63) is 35.4 Å². The zero-order chi connectivity index (χ0) is 15.7. The Morgan fingerprint density at radius 2 is 1.91 bits per heavy atom. The number of hydrogen-bond donors (Lipinski definition) is 0. The normalized spacial score (nSPS) is 43.9. The third-order valence-corrected chi connectivity index (χ3v) is 8.39. The fourth-order valence-electron chi connectivity index (χ4n) is 6.38. The maximum absolute atomic E-state index is 6.27. The molecule has 1 heterocycles. The molecular weight excluding hydrogens is 352 g/mol. The van der Waals surface area contributed by atoms with Gasteiger partial charge >= 0.3 is 0 Å². The van der Waals surface area contributed by atoms with Gasteiger partial charge in [-0.1, -0.05) is 47.1 Å². The number of benzene rings is 1. The average Bonchev–Trinajstić information content (AvgIpc) is 3.15. The molecule has 3 aliphatic carbocycles. The molecule has 0 bridgehead atoms. The Morgan fingerprint density at radius 1 is 1.13 bits per heavy atom. The molecule has 0 N–H and O–H groups in total. The van der Waals surface area contributed by atoms with Crippen molar-refractivity contribution in [2.24, 2.45) is 17.3 Å². The van der Waals surface area contributed by atoms with Gasteiger partial charge in [-0.25, -0.2) is 0 Å². The molecule has 1 aromatic carbocycles. The van der Waals surface area contributed by atoms with Gasteiger partial charge in [-0.3, -0.25) is 0 Å². The number of halogens is 1. The van der Waals surface area contributed by atoms with E-state index < -0.39 is 0 Å². The van der Waals surface area contributed by atoms with Crippen molar-refractivity contribution in [1.29, 1.82) is 0 Å². The first kappa shape index (κ1) is 14.9. The van der Waals surface area contributed by atoms with Crippen LogP contribution >= 0.6 is 15.9 Å². The summed E-state index contributed by atoms with van der Waals surface area (Å²) in [5.41, 5.74) is 3.38. The summed E-state index contributed by atoms with van der Waals surface area (Å²) in [6.45, 7) is 3.95. The van der Waals surface area contributed by atoms with Gasteiger partial charge in [0.2, 0.25) is 0 Å². The number of aryl methyl sites for hydroxylation is 1. The monoisotopic (exact) mass is 376 g/mol. The summed E-state index contributed by atoms with van der Waals surface area (Å²) >= 11 is 3.95. The van der Waals surface area contributed by atoms with E-state index in [-0.39, 0.29) is 11.2 Å². The number of hydrogen-bond acceptors (Lipinski definition) is 2. The van der Waals surface area contributed by atoms with Crippen molar-refractivity contribution in [3.8, 4) is 0 Å². The summed E-state index contributed by atoms with van der Waals surface area (Å²) in [6.07, 6.45) is 6.27. The molecule has 1 aromatic rings. The van der Waals surface area contributed by atoms with Gasteiger partial charge in [0.15, 0.2) is 5.79 Å². The Hall–Kier alpha value is -0.380. The number of fused-ring (bicyclic) bond motifs is 6. The smallest absolute Gasteiger partial charge is 0.186 e. The van der Waals surface area contributed by atoms with Crippen LogP contribution in [0.1, 0.15) is 49.7 Å². The standard InChI is InChI=1S/C20H25BrO2/c1-19-9-8-15-14-5-3-2-4-13(14)6-7-16(15)17(19)12-18(21)20(19)22-10-11-23-20/h2-5,15-18H,6-12H2,1H3/t15?,16?,17?,18?,19-/m0/s1. The summed E-state index contributed by atoms with van der Waals surface area (Å²) < 4.78 is 12.5. The van der Waals surface area contributed by atoms with E-state index in [2.05, 4.69) is 47.1 Å². The summed E-state index contributed by atoms with van der Waals surface area (Å²) in [5, 5.41) is 0. The van der Waals surface area contributed by atoms with Gasteiger partial charge in [-0.2, -0.15) is 0 Å². The second-order valence-corrected chi connectivity index (χ2v) is 9.24. The minimum atomic E-state index is -0.375. The highest BCUT2D eigenvalue weighted by Crippen LogP contribution is 2.67. The molecule has 124 valence electrons. The first-order chi connectivity index (χ1) is 11.2. The zero-order valence-electron chi connectivity index (χ0n) is 13.8. The Kier molecular flexibility index (Phi) is 3.28. The molecule has 1 aliphatic heterocycles. The van der Waals surface area contributed by atoms with Crippen LogP contribution in [0, 0.1) is 17.3 Å². The van der Waals surface area contributed by atoms with Crippen LogP contribution in [-0.4, -0.2) is 23.8 Å². The third-order valence-electron chi connectivity index (χ3n) is 7.41. The van der Waals surface area contributed by atoms with Crippen molar-refractivity contribution in [2.75, 3.05) is 13.2 Å².